The highest BCUT2D eigenvalue weighted by atomic mass is 16.3. The number of aliphatic hydroxyl groups is 1. The van der Waals surface area contributed by atoms with Crippen LogP contribution in [0.1, 0.15) is 16.7 Å². The molecule has 2 nitrogen and oxygen atoms in total. The zero-order valence-electron chi connectivity index (χ0n) is 11.0. The maximum absolute atomic E-state index is 9.39. The fraction of sp³-hybridized carbons (Fsp3) is 0.176. The minimum atomic E-state index is 0.0955. The number of rotatable bonds is 3. The first-order valence-corrected chi connectivity index (χ1v) is 6.51. The van der Waals surface area contributed by atoms with Gasteiger partial charge in [-0.1, -0.05) is 42.5 Å². The Bertz CT molecular complexity index is 698. The first-order chi connectivity index (χ1) is 9.29. The number of fused-ring (bicyclic) bond motifs is 1. The Hall–Kier alpha value is -2.06. The Morgan fingerprint density at radius 2 is 1.79 bits per heavy atom. The number of nitrogens with zero attached hydrogens (tertiary/aromatic N) is 1. The number of hydrogen-bond acceptors (Lipinski definition) is 1. The van der Waals surface area contributed by atoms with Crippen LogP contribution in [0.15, 0.2) is 54.7 Å². The Morgan fingerprint density at radius 3 is 2.53 bits per heavy atom. The molecule has 0 amide bonds. The van der Waals surface area contributed by atoms with Crippen LogP contribution < -0.4 is 0 Å². The van der Waals surface area contributed by atoms with Crippen molar-refractivity contribution in [3.8, 4) is 0 Å². The average molecular weight is 251 g/mol. The smallest absolute Gasteiger partial charge is 0.0685 e. The molecule has 0 fully saturated rings. The summed E-state index contributed by atoms with van der Waals surface area (Å²) in [6, 6.07) is 16.6. The van der Waals surface area contributed by atoms with Gasteiger partial charge in [0, 0.05) is 12.7 Å². The summed E-state index contributed by atoms with van der Waals surface area (Å²) in [6.45, 7) is 3.04. The summed E-state index contributed by atoms with van der Waals surface area (Å²) < 4.78 is 2.25. The minimum Gasteiger partial charge on any atom is -0.392 e. The van der Waals surface area contributed by atoms with Crippen LogP contribution in [0.4, 0.5) is 0 Å². The summed E-state index contributed by atoms with van der Waals surface area (Å²) in [7, 11) is 0. The summed E-state index contributed by atoms with van der Waals surface area (Å²) >= 11 is 0. The van der Waals surface area contributed by atoms with Gasteiger partial charge in [0.1, 0.15) is 0 Å². The molecular formula is C17H17NO. The fourth-order valence-corrected chi connectivity index (χ4v) is 2.61. The van der Waals surface area contributed by atoms with E-state index in [1.54, 1.807) is 0 Å². The van der Waals surface area contributed by atoms with Crippen LogP contribution in [0, 0.1) is 6.92 Å². The summed E-state index contributed by atoms with van der Waals surface area (Å²) in [4.78, 5) is 0. The van der Waals surface area contributed by atoms with E-state index in [4.69, 9.17) is 0 Å². The van der Waals surface area contributed by atoms with E-state index in [9.17, 15) is 5.11 Å². The summed E-state index contributed by atoms with van der Waals surface area (Å²) in [6.07, 6.45) is 2.12. The molecule has 0 atom stereocenters. The SMILES string of the molecule is Cc1c(CO)ccc2ccn(Cc3ccccc3)c12. The van der Waals surface area contributed by atoms with Crippen molar-refractivity contribution in [3.63, 3.8) is 0 Å². The summed E-state index contributed by atoms with van der Waals surface area (Å²) in [5, 5.41) is 10.6. The highest BCUT2D eigenvalue weighted by Crippen LogP contribution is 2.24. The molecule has 0 aliphatic rings. The third-order valence-corrected chi connectivity index (χ3v) is 3.66. The molecule has 0 aliphatic carbocycles. The third-order valence-electron chi connectivity index (χ3n) is 3.66. The fourth-order valence-electron chi connectivity index (χ4n) is 2.61. The molecule has 2 aromatic carbocycles. The number of benzene rings is 2. The number of aryl methyl sites for hydroxylation is 1. The molecule has 1 aromatic heterocycles. The van der Waals surface area contributed by atoms with Gasteiger partial charge in [-0.2, -0.15) is 0 Å². The van der Waals surface area contributed by atoms with E-state index in [0.717, 1.165) is 12.1 Å². The van der Waals surface area contributed by atoms with Gasteiger partial charge in [0.05, 0.1) is 12.1 Å². The van der Waals surface area contributed by atoms with Crippen LogP contribution in [0.25, 0.3) is 10.9 Å². The van der Waals surface area contributed by atoms with E-state index in [-0.39, 0.29) is 6.61 Å². The lowest BCUT2D eigenvalue weighted by Gasteiger charge is -2.10. The van der Waals surface area contributed by atoms with Crippen molar-refractivity contribution < 1.29 is 5.11 Å². The normalized spacial score (nSPS) is 11.1. The predicted molar refractivity (Wildman–Crippen MR) is 78.1 cm³/mol. The van der Waals surface area contributed by atoms with Crippen LogP contribution in [0.2, 0.25) is 0 Å². The largest absolute Gasteiger partial charge is 0.392 e. The molecule has 0 spiro atoms. The molecule has 96 valence electrons. The van der Waals surface area contributed by atoms with E-state index in [0.29, 0.717) is 0 Å². The van der Waals surface area contributed by atoms with Crippen LogP contribution in [0.5, 0.6) is 0 Å². The van der Waals surface area contributed by atoms with Gasteiger partial charge < -0.3 is 9.67 Å². The maximum atomic E-state index is 9.39. The van der Waals surface area contributed by atoms with Gasteiger partial charge in [0.15, 0.2) is 0 Å². The molecule has 1 N–H and O–H groups in total. The maximum Gasteiger partial charge on any atom is 0.0685 e. The Kier molecular flexibility index (Phi) is 3.10. The molecule has 1 heterocycles. The van der Waals surface area contributed by atoms with E-state index in [1.165, 1.54) is 22.0 Å². The van der Waals surface area contributed by atoms with Gasteiger partial charge >= 0.3 is 0 Å². The van der Waals surface area contributed by atoms with Crippen LogP contribution in [0.3, 0.4) is 0 Å². The lowest BCUT2D eigenvalue weighted by atomic mass is 10.1. The highest BCUT2D eigenvalue weighted by Gasteiger charge is 2.08. The summed E-state index contributed by atoms with van der Waals surface area (Å²) in [5.74, 6) is 0. The monoisotopic (exact) mass is 251 g/mol. The molecule has 3 aromatic rings. The lowest BCUT2D eigenvalue weighted by molar-refractivity contribution is 0.281. The van der Waals surface area contributed by atoms with E-state index >= 15 is 0 Å². The summed E-state index contributed by atoms with van der Waals surface area (Å²) in [5.41, 5.74) is 4.67. The molecule has 19 heavy (non-hydrogen) atoms. The van der Waals surface area contributed by atoms with Crippen molar-refractivity contribution in [3.05, 3.63) is 71.4 Å². The van der Waals surface area contributed by atoms with Gasteiger partial charge in [-0.05, 0) is 35.1 Å². The first-order valence-electron chi connectivity index (χ1n) is 6.51. The molecule has 0 saturated carbocycles. The topological polar surface area (TPSA) is 25.2 Å². The molecule has 0 aliphatic heterocycles. The van der Waals surface area contributed by atoms with Crippen molar-refractivity contribution in [2.24, 2.45) is 0 Å². The molecule has 0 bridgehead atoms. The van der Waals surface area contributed by atoms with Crippen molar-refractivity contribution in [2.45, 2.75) is 20.1 Å². The van der Waals surface area contributed by atoms with Gasteiger partial charge in [-0.25, -0.2) is 0 Å². The lowest BCUT2D eigenvalue weighted by Crippen LogP contribution is -2.00. The number of hydrogen-bond donors (Lipinski definition) is 1. The Balaban J connectivity index is 2.09. The van der Waals surface area contributed by atoms with Crippen molar-refractivity contribution in [1.82, 2.24) is 4.57 Å². The van der Waals surface area contributed by atoms with Gasteiger partial charge in [0.25, 0.3) is 0 Å². The number of aliphatic hydroxyl groups excluding tert-OH is 1. The number of aromatic nitrogens is 1. The molecule has 2 heteroatoms. The second-order valence-corrected chi connectivity index (χ2v) is 4.87. The van der Waals surface area contributed by atoms with Gasteiger partial charge in [-0.3, -0.25) is 0 Å². The molecule has 0 unspecified atom stereocenters. The molecule has 0 radical (unpaired) electrons. The Morgan fingerprint density at radius 1 is 1.00 bits per heavy atom. The zero-order chi connectivity index (χ0) is 13.2. The van der Waals surface area contributed by atoms with Crippen LogP contribution >= 0.6 is 0 Å². The van der Waals surface area contributed by atoms with Gasteiger partial charge in [-0.15, -0.1) is 0 Å². The zero-order valence-corrected chi connectivity index (χ0v) is 11.0. The first kappa shape index (κ1) is 12.0. The van der Waals surface area contributed by atoms with E-state index in [2.05, 4.69) is 54.1 Å². The van der Waals surface area contributed by atoms with Crippen molar-refractivity contribution >= 4 is 10.9 Å². The average Bonchev–Trinajstić information content (AvgIpc) is 2.84. The van der Waals surface area contributed by atoms with Crippen LogP contribution in [-0.4, -0.2) is 9.67 Å². The third kappa shape index (κ3) is 2.15. The highest BCUT2D eigenvalue weighted by molar-refractivity contribution is 5.84. The van der Waals surface area contributed by atoms with Crippen molar-refractivity contribution in [1.29, 1.82) is 0 Å². The van der Waals surface area contributed by atoms with Crippen LogP contribution in [-0.2, 0) is 13.2 Å². The molecule has 3 rings (SSSR count). The van der Waals surface area contributed by atoms with E-state index < -0.39 is 0 Å². The quantitative estimate of drug-likeness (QED) is 0.757. The van der Waals surface area contributed by atoms with Gasteiger partial charge in [0.2, 0.25) is 0 Å². The molecular weight excluding hydrogens is 234 g/mol. The standard InChI is InChI=1S/C17H17NO/c1-13-16(12-19)8-7-15-9-10-18(17(13)15)11-14-5-3-2-4-6-14/h2-10,19H,11-12H2,1H3. The predicted octanol–water partition coefficient (Wildman–Crippen LogP) is 3.49. The Labute approximate surface area is 112 Å². The second-order valence-electron chi connectivity index (χ2n) is 4.87. The van der Waals surface area contributed by atoms with Crippen molar-refractivity contribution in [2.75, 3.05) is 0 Å². The second kappa shape index (κ2) is 4.90. The molecule has 0 saturated heterocycles. The van der Waals surface area contributed by atoms with E-state index in [1.807, 2.05) is 12.1 Å². The minimum absolute atomic E-state index is 0.0955.